The highest BCUT2D eigenvalue weighted by molar-refractivity contribution is 5.56. The van der Waals surface area contributed by atoms with Gasteiger partial charge in [0.25, 0.3) is 5.56 Å². The van der Waals surface area contributed by atoms with Gasteiger partial charge in [-0.15, -0.1) is 0 Å². The Morgan fingerprint density at radius 2 is 2.04 bits per heavy atom. The summed E-state index contributed by atoms with van der Waals surface area (Å²) >= 11 is 0. The normalized spacial score (nSPS) is 15.2. The molecule has 1 aromatic carbocycles. The molecule has 1 saturated heterocycles. The second-order valence-electron chi connectivity index (χ2n) is 7.36. The van der Waals surface area contributed by atoms with Gasteiger partial charge in [-0.3, -0.25) is 14.8 Å². The quantitative estimate of drug-likeness (QED) is 0.688. The van der Waals surface area contributed by atoms with Crippen molar-refractivity contribution in [3.8, 4) is 11.4 Å². The summed E-state index contributed by atoms with van der Waals surface area (Å²) in [5.41, 5.74) is 3.93. The standard InChI is InChI=1S/C21H25N5O2/c1-26(14-18-5-8-22-25-18)13-15-3-2-4-17(11-15)21-23-19(12-20(27)24-21)16-6-9-28-10-7-16/h2-5,8,11-12,16H,6-7,9-10,13-14H2,1H3,(H,22,25)(H,23,24,27). The molecule has 0 spiro atoms. The molecular formula is C21H25N5O2. The van der Waals surface area contributed by atoms with Crippen LogP contribution in [-0.4, -0.2) is 45.3 Å². The van der Waals surface area contributed by atoms with Gasteiger partial charge >= 0.3 is 0 Å². The molecule has 1 aliphatic rings. The molecule has 3 aromatic rings. The molecule has 0 bridgehead atoms. The zero-order valence-corrected chi connectivity index (χ0v) is 16.0. The first-order valence-electron chi connectivity index (χ1n) is 9.62. The van der Waals surface area contributed by atoms with Crippen LogP contribution in [-0.2, 0) is 17.8 Å². The Morgan fingerprint density at radius 3 is 2.82 bits per heavy atom. The number of H-pyrrole nitrogens is 2. The Morgan fingerprint density at radius 1 is 1.18 bits per heavy atom. The van der Waals surface area contributed by atoms with Gasteiger partial charge in [-0.25, -0.2) is 4.98 Å². The topological polar surface area (TPSA) is 86.9 Å². The molecule has 0 amide bonds. The van der Waals surface area contributed by atoms with Crippen LogP contribution < -0.4 is 5.56 Å². The van der Waals surface area contributed by atoms with Crippen LogP contribution in [0.25, 0.3) is 11.4 Å². The second kappa shape index (κ2) is 8.50. The van der Waals surface area contributed by atoms with E-state index in [4.69, 9.17) is 9.72 Å². The molecular weight excluding hydrogens is 354 g/mol. The summed E-state index contributed by atoms with van der Waals surface area (Å²) in [4.78, 5) is 22.1. The predicted octanol–water partition coefficient (Wildman–Crippen LogP) is 2.69. The Kier molecular flexibility index (Phi) is 5.64. The number of nitrogens with one attached hydrogen (secondary N) is 2. The van der Waals surface area contributed by atoms with Gasteiger partial charge in [-0.2, -0.15) is 5.10 Å². The predicted molar refractivity (Wildman–Crippen MR) is 107 cm³/mol. The Bertz CT molecular complexity index is 961. The lowest BCUT2D eigenvalue weighted by molar-refractivity contribution is 0.0845. The highest BCUT2D eigenvalue weighted by Gasteiger charge is 2.19. The van der Waals surface area contributed by atoms with Crippen molar-refractivity contribution >= 4 is 0 Å². The molecule has 1 aliphatic heterocycles. The molecule has 0 radical (unpaired) electrons. The maximum Gasteiger partial charge on any atom is 0.251 e. The third-order valence-electron chi connectivity index (χ3n) is 5.05. The van der Waals surface area contributed by atoms with Crippen LogP contribution >= 0.6 is 0 Å². The summed E-state index contributed by atoms with van der Waals surface area (Å²) in [5.74, 6) is 0.922. The maximum absolute atomic E-state index is 12.2. The van der Waals surface area contributed by atoms with Crippen molar-refractivity contribution in [2.75, 3.05) is 20.3 Å². The first kappa shape index (κ1) is 18.6. The lowest BCUT2D eigenvalue weighted by atomic mass is 9.96. The first-order valence-corrected chi connectivity index (χ1v) is 9.62. The minimum atomic E-state index is -0.103. The largest absolute Gasteiger partial charge is 0.381 e. The van der Waals surface area contributed by atoms with Crippen LogP contribution in [0, 0.1) is 0 Å². The third-order valence-corrected chi connectivity index (χ3v) is 5.05. The van der Waals surface area contributed by atoms with Gasteiger partial charge in [0.2, 0.25) is 0 Å². The van der Waals surface area contributed by atoms with E-state index in [-0.39, 0.29) is 5.56 Å². The molecule has 7 heteroatoms. The second-order valence-corrected chi connectivity index (χ2v) is 7.36. The zero-order valence-electron chi connectivity index (χ0n) is 16.0. The molecule has 0 aliphatic carbocycles. The highest BCUT2D eigenvalue weighted by Crippen LogP contribution is 2.26. The van der Waals surface area contributed by atoms with E-state index in [1.807, 2.05) is 18.2 Å². The summed E-state index contributed by atoms with van der Waals surface area (Å²) < 4.78 is 5.43. The fourth-order valence-corrected chi connectivity index (χ4v) is 3.66. The summed E-state index contributed by atoms with van der Waals surface area (Å²) in [6, 6.07) is 11.8. The number of hydrogen-bond acceptors (Lipinski definition) is 5. The van der Waals surface area contributed by atoms with Gasteiger partial charge in [-0.05, 0) is 37.6 Å². The van der Waals surface area contributed by atoms with Crippen molar-refractivity contribution in [3.05, 3.63) is 69.9 Å². The highest BCUT2D eigenvalue weighted by atomic mass is 16.5. The summed E-state index contributed by atoms with van der Waals surface area (Å²) in [6.45, 7) is 3.04. The molecule has 2 N–H and O–H groups in total. The molecule has 0 atom stereocenters. The van der Waals surface area contributed by atoms with E-state index < -0.39 is 0 Å². The third kappa shape index (κ3) is 4.55. The van der Waals surface area contributed by atoms with E-state index in [1.165, 1.54) is 5.56 Å². The minimum Gasteiger partial charge on any atom is -0.381 e. The van der Waals surface area contributed by atoms with Gasteiger partial charge in [0.1, 0.15) is 5.82 Å². The van der Waals surface area contributed by atoms with Gasteiger partial charge in [0, 0.05) is 55.7 Å². The van der Waals surface area contributed by atoms with Gasteiger partial charge in [0.15, 0.2) is 0 Å². The van der Waals surface area contributed by atoms with E-state index in [1.54, 1.807) is 12.3 Å². The van der Waals surface area contributed by atoms with Crippen LogP contribution in [0.2, 0.25) is 0 Å². The number of hydrogen-bond donors (Lipinski definition) is 2. The van der Waals surface area contributed by atoms with E-state index in [0.29, 0.717) is 11.7 Å². The first-order chi connectivity index (χ1) is 13.7. The molecule has 146 valence electrons. The van der Waals surface area contributed by atoms with Crippen molar-refractivity contribution < 1.29 is 4.74 Å². The van der Waals surface area contributed by atoms with Gasteiger partial charge in [-0.1, -0.05) is 18.2 Å². The van der Waals surface area contributed by atoms with Crippen molar-refractivity contribution in [3.63, 3.8) is 0 Å². The summed E-state index contributed by atoms with van der Waals surface area (Å²) in [6.07, 6.45) is 3.58. The van der Waals surface area contributed by atoms with Crippen molar-refractivity contribution in [1.29, 1.82) is 0 Å². The number of aromatic amines is 2. The van der Waals surface area contributed by atoms with Gasteiger partial charge < -0.3 is 9.72 Å². The average Bonchev–Trinajstić information content (AvgIpc) is 3.21. The fraction of sp³-hybridized carbons (Fsp3) is 0.381. The molecule has 0 unspecified atom stereocenters. The van der Waals surface area contributed by atoms with Crippen molar-refractivity contribution in [1.82, 2.24) is 25.1 Å². The molecule has 1 fully saturated rings. The smallest absolute Gasteiger partial charge is 0.251 e. The lowest BCUT2D eigenvalue weighted by Gasteiger charge is -2.21. The van der Waals surface area contributed by atoms with E-state index in [9.17, 15) is 4.79 Å². The monoisotopic (exact) mass is 379 g/mol. The number of ether oxygens (including phenoxy) is 1. The Hall–Kier alpha value is -2.77. The molecule has 2 aromatic heterocycles. The SMILES string of the molecule is CN(Cc1cccc(-c2nc(C3CCOCC3)cc(=O)[nH]2)c1)Cc1ccn[nH]1. The van der Waals surface area contributed by atoms with E-state index in [0.717, 1.165) is 56.1 Å². The number of aromatic nitrogens is 4. The average molecular weight is 379 g/mol. The van der Waals surface area contributed by atoms with Crippen LogP contribution in [0.3, 0.4) is 0 Å². The lowest BCUT2D eigenvalue weighted by Crippen LogP contribution is -2.19. The van der Waals surface area contributed by atoms with Crippen LogP contribution in [0.15, 0.2) is 47.4 Å². The summed E-state index contributed by atoms with van der Waals surface area (Å²) in [5, 5.41) is 6.97. The fourth-order valence-electron chi connectivity index (χ4n) is 3.66. The Labute approximate surface area is 163 Å². The van der Waals surface area contributed by atoms with Gasteiger partial charge in [0.05, 0.1) is 5.69 Å². The number of benzene rings is 1. The molecule has 0 saturated carbocycles. The van der Waals surface area contributed by atoms with Crippen LogP contribution in [0.5, 0.6) is 0 Å². The van der Waals surface area contributed by atoms with Crippen molar-refractivity contribution in [2.45, 2.75) is 31.8 Å². The number of rotatable bonds is 6. The van der Waals surface area contributed by atoms with Crippen LogP contribution in [0.1, 0.15) is 35.7 Å². The molecule has 28 heavy (non-hydrogen) atoms. The maximum atomic E-state index is 12.2. The molecule has 4 rings (SSSR count). The van der Waals surface area contributed by atoms with E-state index in [2.05, 4.69) is 39.3 Å². The minimum absolute atomic E-state index is 0.103. The van der Waals surface area contributed by atoms with Crippen LogP contribution in [0.4, 0.5) is 0 Å². The van der Waals surface area contributed by atoms with E-state index >= 15 is 0 Å². The molecule has 3 heterocycles. The molecule has 7 nitrogen and oxygen atoms in total. The summed E-state index contributed by atoms with van der Waals surface area (Å²) in [7, 11) is 2.07. The van der Waals surface area contributed by atoms with Crippen molar-refractivity contribution in [2.24, 2.45) is 0 Å². The zero-order chi connectivity index (χ0) is 19.3. The Balaban J connectivity index is 1.53. The number of nitrogens with zero attached hydrogens (tertiary/aromatic N) is 3.